The summed E-state index contributed by atoms with van der Waals surface area (Å²) in [4.78, 5) is 11.7. The van der Waals surface area contributed by atoms with E-state index >= 15 is 0 Å². The molecule has 2 aliphatic rings. The Balaban J connectivity index is 1.60. The number of hydrogen-bond donors (Lipinski definition) is 3. The Labute approximate surface area is 168 Å². The molecule has 1 aromatic heterocycles. The van der Waals surface area contributed by atoms with Gasteiger partial charge in [-0.3, -0.25) is 0 Å². The number of aliphatic hydroxyl groups is 1. The number of anilines is 1. The van der Waals surface area contributed by atoms with Crippen LogP contribution in [0.1, 0.15) is 44.6 Å². The lowest BCUT2D eigenvalue weighted by Crippen LogP contribution is -2.44. The lowest BCUT2D eigenvalue weighted by Gasteiger charge is -2.28. The molecular formula is C21H35N5O2. The Morgan fingerprint density at radius 3 is 2.89 bits per heavy atom. The quantitative estimate of drug-likeness (QED) is 0.465. The van der Waals surface area contributed by atoms with E-state index in [1.807, 2.05) is 12.3 Å². The third kappa shape index (κ3) is 5.82. The van der Waals surface area contributed by atoms with Crippen molar-refractivity contribution >= 4 is 11.8 Å². The SMILES string of the molecule is CCNC(=NCc1ccnc(N2CCCCC2)c1)NCC1(CCO)CCOC1. The highest BCUT2D eigenvalue weighted by Crippen LogP contribution is 2.31. The van der Waals surface area contributed by atoms with Gasteiger partial charge in [-0.25, -0.2) is 9.98 Å². The topological polar surface area (TPSA) is 82.0 Å². The molecule has 1 atom stereocenters. The van der Waals surface area contributed by atoms with Crippen molar-refractivity contribution < 1.29 is 9.84 Å². The lowest BCUT2D eigenvalue weighted by molar-refractivity contribution is 0.127. The first-order chi connectivity index (χ1) is 13.7. The van der Waals surface area contributed by atoms with Crippen LogP contribution in [0.3, 0.4) is 0 Å². The van der Waals surface area contributed by atoms with Gasteiger partial charge in [0.2, 0.25) is 0 Å². The van der Waals surface area contributed by atoms with Crippen LogP contribution in [-0.4, -0.2) is 62.0 Å². The summed E-state index contributed by atoms with van der Waals surface area (Å²) in [7, 11) is 0. The molecular weight excluding hydrogens is 354 g/mol. The molecule has 1 aromatic rings. The fourth-order valence-electron chi connectivity index (χ4n) is 3.95. The van der Waals surface area contributed by atoms with E-state index in [9.17, 15) is 5.11 Å². The fraction of sp³-hybridized carbons (Fsp3) is 0.714. The first kappa shape index (κ1) is 20.9. The molecule has 0 bridgehead atoms. The maximum Gasteiger partial charge on any atom is 0.191 e. The minimum absolute atomic E-state index is 0.00302. The van der Waals surface area contributed by atoms with Gasteiger partial charge in [0.25, 0.3) is 0 Å². The molecule has 0 radical (unpaired) electrons. The van der Waals surface area contributed by atoms with Gasteiger partial charge in [-0.1, -0.05) is 0 Å². The van der Waals surface area contributed by atoms with Crippen LogP contribution in [-0.2, 0) is 11.3 Å². The second-order valence-corrected chi connectivity index (χ2v) is 7.89. The Kier molecular flexibility index (Phi) is 7.91. The number of nitrogens with zero attached hydrogens (tertiary/aromatic N) is 3. The Hall–Kier alpha value is -1.86. The van der Waals surface area contributed by atoms with Gasteiger partial charge in [0.1, 0.15) is 5.82 Å². The highest BCUT2D eigenvalue weighted by atomic mass is 16.5. The van der Waals surface area contributed by atoms with Crippen LogP contribution in [0.15, 0.2) is 23.3 Å². The lowest BCUT2D eigenvalue weighted by atomic mass is 9.84. The number of piperidine rings is 1. The van der Waals surface area contributed by atoms with E-state index in [2.05, 4.69) is 33.5 Å². The first-order valence-corrected chi connectivity index (χ1v) is 10.7. The number of pyridine rings is 1. The van der Waals surface area contributed by atoms with Gasteiger partial charge >= 0.3 is 0 Å². The Bertz CT molecular complexity index is 625. The van der Waals surface area contributed by atoms with Crippen LogP contribution in [0.5, 0.6) is 0 Å². The summed E-state index contributed by atoms with van der Waals surface area (Å²) in [6, 6.07) is 4.20. The molecule has 28 heavy (non-hydrogen) atoms. The molecule has 3 heterocycles. The average Bonchev–Trinajstić information content (AvgIpc) is 3.20. The molecule has 0 amide bonds. The minimum Gasteiger partial charge on any atom is -0.396 e. The monoisotopic (exact) mass is 389 g/mol. The van der Waals surface area contributed by atoms with Crippen molar-refractivity contribution in [3.05, 3.63) is 23.9 Å². The van der Waals surface area contributed by atoms with Gasteiger partial charge in [0.15, 0.2) is 5.96 Å². The molecule has 1 unspecified atom stereocenters. The number of aliphatic hydroxyl groups excluding tert-OH is 1. The van der Waals surface area contributed by atoms with Crippen LogP contribution >= 0.6 is 0 Å². The number of nitrogens with one attached hydrogen (secondary N) is 2. The molecule has 7 heteroatoms. The maximum absolute atomic E-state index is 9.41. The Morgan fingerprint density at radius 2 is 2.18 bits per heavy atom. The third-order valence-electron chi connectivity index (χ3n) is 5.71. The molecule has 0 aromatic carbocycles. The van der Waals surface area contributed by atoms with Crippen LogP contribution in [0.25, 0.3) is 0 Å². The summed E-state index contributed by atoms with van der Waals surface area (Å²) in [6.07, 6.45) is 7.43. The van der Waals surface area contributed by atoms with E-state index in [0.717, 1.165) is 57.4 Å². The molecule has 2 fully saturated rings. The number of aliphatic imine (C=N–C) groups is 1. The first-order valence-electron chi connectivity index (χ1n) is 10.7. The van der Waals surface area contributed by atoms with Crippen molar-refractivity contribution in [2.24, 2.45) is 10.4 Å². The van der Waals surface area contributed by atoms with E-state index < -0.39 is 0 Å². The third-order valence-corrected chi connectivity index (χ3v) is 5.71. The standard InChI is InChI=1S/C21H35N5O2/c1-2-22-20(25-16-21(7-12-27)8-13-28-17-21)24-15-18-6-9-23-19(14-18)26-10-4-3-5-11-26/h6,9,14,27H,2-5,7-8,10-13,15-17H2,1H3,(H2,22,24,25). The molecule has 3 rings (SSSR count). The predicted octanol–water partition coefficient (Wildman–Crippen LogP) is 1.92. The zero-order valence-electron chi connectivity index (χ0n) is 17.1. The van der Waals surface area contributed by atoms with Crippen molar-refractivity contribution in [2.75, 3.05) is 50.9 Å². The second kappa shape index (κ2) is 10.6. The van der Waals surface area contributed by atoms with Gasteiger partial charge in [0, 0.05) is 51.0 Å². The predicted molar refractivity (Wildman–Crippen MR) is 113 cm³/mol. The van der Waals surface area contributed by atoms with Gasteiger partial charge in [-0.15, -0.1) is 0 Å². The van der Waals surface area contributed by atoms with Gasteiger partial charge in [-0.2, -0.15) is 0 Å². The highest BCUT2D eigenvalue weighted by molar-refractivity contribution is 5.79. The largest absolute Gasteiger partial charge is 0.396 e. The summed E-state index contributed by atoms with van der Waals surface area (Å²) in [5.41, 5.74) is 1.17. The van der Waals surface area contributed by atoms with Crippen molar-refractivity contribution in [1.82, 2.24) is 15.6 Å². The van der Waals surface area contributed by atoms with Crippen LogP contribution in [0.2, 0.25) is 0 Å². The smallest absolute Gasteiger partial charge is 0.191 e. The second-order valence-electron chi connectivity index (χ2n) is 7.89. The van der Waals surface area contributed by atoms with Crippen molar-refractivity contribution in [2.45, 2.75) is 45.6 Å². The molecule has 2 aliphatic heterocycles. The van der Waals surface area contributed by atoms with Gasteiger partial charge in [-0.05, 0) is 56.7 Å². The highest BCUT2D eigenvalue weighted by Gasteiger charge is 2.34. The summed E-state index contributed by atoms with van der Waals surface area (Å²) in [5.74, 6) is 1.87. The zero-order valence-corrected chi connectivity index (χ0v) is 17.1. The van der Waals surface area contributed by atoms with Gasteiger partial charge < -0.3 is 25.4 Å². The van der Waals surface area contributed by atoms with E-state index in [1.54, 1.807) is 0 Å². The number of aromatic nitrogens is 1. The summed E-state index contributed by atoms with van der Waals surface area (Å²) in [6.45, 7) is 8.10. The zero-order chi connectivity index (χ0) is 19.7. The van der Waals surface area contributed by atoms with Crippen LogP contribution in [0.4, 0.5) is 5.82 Å². The van der Waals surface area contributed by atoms with E-state index in [0.29, 0.717) is 13.2 Å². The van der Waals surface area contributed by atoms with Crippen molar-refractivity contribution in [3.8, 4) is 0 Å². The van der Waals surface area contributed by atoms with E-state index in [-0.39, 0.29) is 12.0 Å². The normalized spacial score (nSPS) is 23.1. The molecule has 0 spiro atoms. The average molecular weight is 390 g/mol. The fourth-order valence-corrected chi connectivity index (χ4v) is 3.95. The molecule has 3 N–H and O–H groups in total. The van der Waals surface area contributed by atoms with E-state index in [1.165, 1.54) is 24.8 Å². The van der Waals surface area contributed by atoms with Crippen LogP contribution < -0.4 is 15.5 Å². The number of rotatable bonds is 8. The van der Waals surface area contributed by atoms with Gasteiger partial charge in [0.05, 0.1) is 13.2 Å². The summed E-state index contributed by atoms with van der Waals surface area (Å²) >= 11 is 0. The van der Waals surface area contributed by atoms with Crippen molar-refractivity contribution in [1.29, 1.82) is 0 Å². The van der Waals surface area contributed by atoms with Crippen molar-refractivity contribution in [3.63, 3.8) is 0 Å². The van der Waals surface area contributed by atoms with Crippen LogP contribution in [0, 0.1) is 5.41 Å². The molecule has 0 aliphatic carbocycles. The maximum atomic E-state index is 9.41. The molecule has 156 valence electrons. The number of guanidine groups is 1. The van der Waals surface area contributed by atoms with E-state index in [4.69, 9.17) is 9.73 Å². The summed E-state index contributed by atoms with van der Waals surface area (Å²) < 4.78 is 5.58. The number of ether oxygens (including phenoxy) is 1. The summed E-state index contributed by atoms with van der Waals surface area (Å²) in [5, 5.41) is 16.2. The number of hydrogen-bond acceptors (Lipinski definition) is 5. The molecule has 0 saturated carbocycles. The molecule has 2 saturated heterocycles. The minimum atomic E-state index is 0.00302. The Morgan fingerprint density at radius 1 is 1.32 bits per heavy atom. The molecule has 7 nitrogen and oxygen atoms in total.